The SMILES string of the molecule is Cc1ccc(N)c(S(=O)(=O)NC(C)CS(C)(=O)=O)c1C. The number of sulfone groups is 1. The summed E-state index contributed by atoms with van der Waals surface area (Å²) in [5.41, 5.74) is 7.25. The highest BCUT2D eigenvalue weighted by Crippen LogP contribution is 2.25. The number of nitrogens with two attached hydrogens (primary N) is 1. The molecule has 0 aliphatic heterocycles. The van der Waals surface area contributed by atoms with E-state index in [1.165, 1.54) is 13.0 Å². The number of aryl methyl sites for hydroxylation is 1. The van der Waals surface area contributed by atoms with Crippen LogP contribution in [0.1, 0.15) is 18.1 Å². The molecular formula is C12H20N2O4S2. The van der Waals surface area contributed by atoms with Crippen molar-refractivity contribution in [2.24, 2.45) is 0 Å². The molecule has 1 atom stereocenters. The Balaban J connectivity index is 3.16. The first-order valence-corrected chi connectivity index (χ1v) is 9.54. The van der Waals surface area contributed by atoms with Gasteiger partial charge < -0.3 is 5.73 Å². The third-order valence-electron chi connectivity index (χ3n) is 2.88. The van der Waals surface area contributed by atoms with Crippen LogP contribution in [0.3, 0.4) is 0 Å². The first-order valence-electron chi connectivity index (χ1n) is 6.00. The highest BCUT2D eigenvalue weighted by Gasteiger charge is 2.24. The lowest BCUT2D eigenvalue weighted by atomic mass is 10.1. The molecule has 0 bridgehead atoms. The predicted octanol–water partition coefficient (Wildman–Crippen LogP) is 0.597. The summed E-state index contributed by atoms with van der Waals surface area (Å²) in [5, 5.41) is 0. The number of hydrogen-bond donors (Lipinski definition) is 2. The number of nitrogens with one attached hydrogen (secondary N) is 1. The van der Waals surface area contributed by atoms with E-state index in [9.17, 15) is 16.8 Å². The van der Waals surface area contributed by atoms with Crippen LogP contribution < -0.4 is 10.5 Å². The monoisotopic (exact) mass is 320 g/mol. The molecule has 0 aliphatic rings. The van der Waals surface area contributed by atoms with Crippen molar-refractivity contribution in [1.29, 1.82) is 0 Å². The molecule has 0 radical (unpaired) electrons. The minimum Gasteiger partial charge on any atom is -0.398 e. The predicted molar refractivity (Wildman–Crippen MR) is 79.8 cm³/mol. The number of sulfonamides is 1. The molecule has 0 amide bonds. The van der Waals surface area contributed by atoms with E-state index in [4.69, 9.17) is 5.73 Å². The van der Waals surface area contributed by atoms with Crippen LogP contribution in [0, 0.1) is 13.8 Å². The molecule has 0 spiro atoms. The van der Waals surface area contributed by atoms with E-state index < -0.39 is 25.9 Å². The second-order valence-corrected chi connectivity index (χ2v) is 8.88. The normalized spacial score (nSPS) is 14.2. The summed E-state index contributed by atoms with van der Waals surface area (Å²) in [6.45, 7) is 4.95. The van der Waals surface area contributed by atoms with Crippen molar-refractivity contribution >= 4 is 25.5 Å². The first kappa shape index (κ1) is 16.9. The van der Waals surface area contributed by atoms with Crippen molar-refractivity contribution in [2.75, 3.05) is 17.7 Å². The summed E-state index contributed by atoms with van der Waals surface area (Å²) in [6, 6.07) is 2.54. The van der Waals surface area contributed by atoms with Gasteiger partial charge in [-0.05, 0) is 38.0 Å². The van der Waals surface area contributed by atoms with Crippen molar-refractivity contribution in [2.45, 2.75) is 31.7 Å². The zero-order valence-electron chi connectivity index (χ0n) is 12.0. The van der Waals surface area contributed by atoms with E-state index in [2.05, 4.69) is 4.72 Å². The van der Waals surface area contributed by atoms with Gasteiger partial charge in [-0.15, -0.1) is 0 Å². The second-order valence-electron chi connectivity index (χ2n) is 5.04. The van der Waals surface area contributed by atoms with Gasteiger partial charge in [-0.2, -0.15) is 0 Å². The minimum absolute atomic E-state index is 0.0119. The lowest BCUT2D eigenvalue weighted by Gasteiger charge is -2.17. The fraction of sp³-hybridized carbons (Fsp3) is 0.500. The van der Waals surface area contributed by atoms with Crippen molar-refractivity contribution < 1.29 is 16.8 Å². The molecule has 0 aliphatic carbocycles. The Labute approximate surface area is 120 Å². The van der Waals surface area contributed by atoms with Gasteiger partial charge in [0.15, 0.2) is 0 Å². The average molecular weight is 320 g/mol. The highest BCUT2D eigenvalue weighted by molar-refractivity contribution is 7.91. The number of nitrogen functional groups attached to an aromatic ring is 1. The van der Waals surface area contributed by atoms with E-state index in [0.29, 0.717) is 5.56 Å². The fourth-order valence-corrected chi connectivity index (χ4v) is 4.75. The molecule has 8 heteroatoms. The van der Waals surface area contributed by atoms with Gasteiger partial charge >= 0.3 is 0 Å². The molecule has 20 heavy (non-hydrogen) atoms. The maximum atomic E-state index is 12.3. The first-order chi connectivity index (χ1) is 8.94. The topological polar surface area (TPSA) is 106 Å². The zero-order valence-corrected chi connectivity index (χ0v) is 13.6. The number of rotatable bonds is 5. The van der Waals surface area contributed by atoms with Crippen LogP contribution in [0.2, 0.25) is 0 Å². The molecule has 3 N–H and O–H groups in total. The summed E-state index contributed by atoms with van der Waals surface area (Å²) in [7, 11) is -7.12. The summed E-state index contributed by atoms with van der Waals surface area (Å²) >= 11 is 0. The molecular weight excluding hydrogens is 300 g/mol. The van der Waals surface area contributed by atoms with E-state index in [0.717, 1.165) is 11.8 Å². The molecule has 1 aromatic rings. The van der Waals surface area contributed by atoms with Crippen LogP contribution in [0.25, 0.3) is 0 Å². The van der Waals surface area contributed by atoms with E-state index in [1.54, 1.807) is 19.9 Å². The molecule has 6 nitrogen and oxygen atoms in total. The summed E-state index contributed by atoms with van der Waals surface area (Å²) < 4.78 is 49.4. The molecule has 114 valence electrons. The number of hydrogen-bond acceptors (Lipinski definition) is 5. The molecule has 1 aromatic carbocycles. The maximum absolute atomic E-state index is 12.3. The standard InChI is InChI=1S/C12H20N2O4S2/c1-8-5-6-11(13)12(10(8)3)20(17,18)14-9(2)7-19(4,15)16/h5-6,9,14H,7,13H2,1-4H3. The van der Waals surface area contributed by atoms with Crippen molar-refractivity contribution in [3.05, 3.63) is 23.3 Å². The van der Waals surface area contributed by atoms with Gasteiger partial charge in [-0.1, -0.05) is 6.07 Å². The van der Waals surface area contributed by atoms with Crippen molar-refractivity contribution in [3.8, 4) is 0 Å². The Morgan fingerprint density at radius 1 is 1.20 bits per heavy atom. The lowest BCUT2D eigenvalue weighted by molar-refractivity contribution is 0.564. The van der Waals surface area contributed by atoms with Crippen LogP contribution in [0.4, 0.5) is 5.69 Å². The molecule has 0 heterocycles. The van der Waals surface area contributed by atoms with Crippen LogP contribution in [-0.4, -0.2) is 34.9 Å². The van der Waals surface area contributed by atoms with Gasteiger partial charge in [0.05, 0.1) is 11.4 Å². The smallest absolute Gasteiger partial charge is 0.243 e. The average Bonchev–Trinajstić information content (AvgIpc) is 2.19. The highest BCUT2D eigenvalue weighted by atomic mass is 32.2. The van der Waals surface area contributed by atoms with Gasteiger partial charge in [0.25, 0.3) is 0 Å². The largest absolute Gasteiger partial charge is 0.398 e. The zero-order chi connectivity index (χ0) is 15.7. The maximum Gasteiger partial charge on any atom is 0.243 e. The number of anilines is 1. The Kier molecular flexibility index (Phi) is 4.83. The Morgan fingerprint density at radius 2 is 1.75 bits per heavy atom. The van der Waals surface area contributed by atoms with Gasteiger partial charge in [0, 0.05) is 12.3 Å². The molecule has 1 unspecified atom stereocenters. The van der Waals surface area contributed by atoms with Crippen LogP contribution >= 0.6 is 0 Å². The van der Waals surface area contributed by atoms with Gasteiger partial charge in [0.2, 0.25) is 10.0 Å². The molecule has 0 saturated carbocycles. The van der Waals surface area contributed by atoms with Crippen molar-refractivity contribution in [3.63, 3.8) is 0 Å². The van der Waals surface area contributed by atoms with Gasteiger partial charge in [0.1, 0.15) is 14.7 Å². The molecule has 0 aromatic heterocycles. The van der Waals surface area contributed by atoms with Crippen LogP contribution in [-0.2, 0) is 19.9 Å². The summed E-state index contributed by atoms with van der Waals surface area (Å²) in [5.74, 6) is -0.267. The van der Waals surface area contributed by atoms with Gasteiger partial charge in [-0.25, -0.2) is 21.6 Å². The Bertz CT molecular complexity index is 709. The quantitative estimate of drug-likeness (QED) is 0.773. The van der Waals surface area contributed by atoms with Crippen molar-refractivity contribution in [1.82, 2.24) is 4.72 Å². The molecule has 1 rings (SSSR count). The van der Waals surface area contributed by atoms with Crippen LogP contribution in [0.5, 0.6) is 0 Å². The molecule has 0 fully saturated rings. The Morgan fingerprint density at radius 3 is 2.25 bits per heavy atom. The second kappa shape index (κ2) is 5.71. The lowest BCUT2D eigenvalue weighted by Crippen LogP contribution is -2.37. The van der Waals surface area contributed by atoms with Gasteiger partial charge in [-0.3, -0.25) is 0 Å². The molecule has 0 saturated heterocycles. The van der Waals surface area contributed by atoms with E-state index in [-0.39, 0.29) is 16.3 Å². The summed E-state index contributed by atoms with van der Waals surface area (Å²) in [6.07, 6.45) is 1.06. The van der Waals surface area contributed by atoms with Crippen LogP contribution in [0.15, 0.2) is 17.0 Å². The minimum atomic E-state index is -3.86. The number of benzene rings is 1. The van der Waals surface area contributed by atoms with E-state index in [1.807, 2.05) is 0 Å². The third kappa shape index (κ3) is 4.19. The third-order valence-corrected chi connectivity index (χ3v) is 5.78. The van der Waals surface area contributed by atoms with E-state index >= 15 is 0 Å². The Hall–Kier alpha value is -1.12. The summed E-state index contributed by atoms with van der Waals surface area (Å²) in [4.78, 5) is 0.0119. The fourth-order valence-electron chi connectivity index (χ4n) is 1.98.